The van der Waals surface area contributed by atoms with Gasteiger partial charge in [0.1, 0.15) is 0 Å². The van der Waals surface area contributed by atoms with Crippen molar-refractivity contribution in [3.8, 4) is 0 Å². The number of methoxy groups -OCH3 is 1. The number of amides is 1. The Morgan fingerprint density at radius 1 is 1.17 bits per heavy atom. The molecule has 5 heteroatoms. The number of carbonyl (C=O) groups is 2. The standard InChI is InChI=1S/C13H17NO3S/c1-13(2,3)14-12(16)18-10-7-5-9(6-8-10)11(15)17-4/h5-8H,1-4H3,(H,14,16). The highest BCUT2D eigenvalue weighted by Gasteiger charge is 2.14. The molecule has 0 radical (unpaired) electrons. The first-order valence-corrected chi connectivity index (χ1v) is 6.32. The molecule has 1 aromatic carbocycles. The average molecular weight is 267 g/mol. The summed E-state index contributed by atoms with van der Waals surface area (Å²) >= 11 is 1.10. The Morgan fingerprint density at radius 3 is 2.17 bits per heavy atom. The topological polar surface area (TPSA) is 55.4 Å². The van der Waals surface area contributed by atoms with Crippen LogP contribution in [0.1, 0.15) is 31.1 Å². The molecule has 0 saturated carbocycles. The van der Waals surface area contributed by atoms with Gasteiger partial charge in [-0.2, -0.15) is 0 Å². The van der Waals surface area contributed by atoms with E-state index in [0.717, 1.165) is 16.7 Å². The molecule has 0 aliphatic heterocycles. The third-order valence-electron chi connectivity index (χ3n) is 1.96. The van der Waals surface area contributed by atoms with E-state index in [0.29, 0.717) is 5.56 Å². The molecule has 0 atom stereocenters. The third-order valence-corrected chi connectivity index (χ3v) is 2.76. The SMILES string of the molecule is COC(=O)c1ccc(SC(=O)NC(C)(C)C)cc1. The number of ether oxygens (including phenoxy) is 1. The van der Waals surface area contributed by atoms with E-state index in [9.17, 15) is 9.59 Å². The van der Waals surface area contributed by atoms with Gasteiger partial charge in [0.15, 0.2) is 0 Å². The van der Waals surface area contributed by atoms with E-state index in [1.807, 2.05) is 20.8 Å². The minimum atomic E-state index is -0.384. The van der Waals surface area contributed by atoms with Crippen molar-refractivity contribution in [3.63, 3.8) is 0 Å². The van der Waals surface area contributed by atoms with Gasteiger partial charge in [-0.3, -0.25) is 4.79 Å². The van der Waals surface area contributed by atoms with Crippen molar-refractivity contribution in [2.24, 2.45) is 0 Å². The van der Waals surface area contributed by atoms with Crippen LogP contribution in [0.4, 0.5) is 4.79 Å². The summed E-state index contributed by atoms with van der Waals surface area (Å²) in [7, 11) is 1.34. The van der Waals surface area contributed by atoms with Gasteiger partial charge in [0.05, 0.1) is 12.7 Å². The minimum absolute atomic E-state index is 0.117. The van der Waals surface area contributed by atoms with Gasteiger partial charge in [0.2, 0.25) is 0 Å². The fourth-order valence-corrected chi connectivity index (χ4v) is 2.06. The molecule has 18 heavy (non-hydrogen) atoms. The van der Waals surface area contributed by atoms with Gasteiger partial charge in [-0.1, -0.05) is 0 Å². The summed E-state index contributed by atoms with van der Waals surface area (Å²) in [5.41, 5.74) is 0.217. The van der Waals surface area contributed by atoms with Crippen LogP contribution in [0.5, 0.6) is 0 Å². The third kappa shape index (κ3) is 4.79. The van der Waals surface area contributed by atoms with E-state index in [4.69, 9.17) is 0 Å². The van der Waals surface area contributed by atoms with E-state index >= 15 is 0 Å². The Labute approximate surface area is 111 Å². The average Bonchev–Trinajstić information content (AvgIpc) is 2.26. The van der Waals surface area contributed by atoms with Crippen molar-refractivity contribution in [2.75, 3.05) is 7.11 Å². The maximum Gasteiger partial charge on any atom is 0.337 e. The Hall–Kier alpha value is -1.49. The molecule has 0 fully saturated rings. The van der Waals surface area contributed by atoms with Crippen molar-refractivity contribution < 1.29 is 14.3 Å². The lowest BCUT2D eigenvalue weighted by molar-refractivity contribution is 0.0600. The lowest BCUT2D eigenvalue weighted by Gasteiger charge is -2.19. The van der Waals surface area contributed by atoms with Gasteiger partial charge in [0, 0.05) is 10.4 Å². The summed E-state index contributed by atoms with van der Waals surface area (Å²) < 4.78 is 4.60. The first-order valence-electron chi connectivity index (χ1n) is 5.50. The smallest absolute Gasteiger partial charge is 0.337 e. The molecule has 1 amide bonds. The zero-order valence-electron chi connectivity index (χ0n) is 10.9. The highest BCUT2D eigenvalue weighted by Crippen LogP contribution is 2.20. The minimum Gasteiger partial charge on any atom is -0.465 e. The first kappa shape index (κ1) is 14.6. The van der Waals surface area contributed by atoms with Crippen LogP contribution in [0.15, 0.2) is 29.2 Å². The zero-order valence-corrected chi connectivity index (χ0v) is 11.8. The van der Waals surface area contributed by atoms with Crippen molar-refractivity contribution >= 4 is 23.0 Å². The first-order chi connectivity index (χ1) is 8.31. The molecule has 98 valence electrons. The second kappa shape index (κ2) is 5.91. The van der Waals surface area contributed by atoms with E-state index in [1.54, 1.807) is 24.3 Å². The summed E-state index contributed by atoms with van der Waals surface area (Å²) in [4.78, 5) is 23.7. The van der Waals surface area contributed by atoms with Gasteiger partial charge in [-0.25, -0.2) is 4.79 Å². The molecule has 0 saturated heterocycles. The highest BCUT2D eigenvalue weighted by atomic mass is 32.2. The number of hydrogen-bond acceptors (Lipinski definition) is 4. The summed E-state index contributed by atoms with van der Waals surface area (Å²) in [5, 5.41) is 2.73. The second-order valence-electron chi connectivity index (χ2n) is 4.78. The van der Waals surface area contributed by atoms with E-state index in [-0.39, 0.29) is 16.7 Å². The molecule has 0 unspecified atom stereocenters. The number of rotatable bonds is 2. The monoisotopic (exact) mass is 267 g/mol. The van der Waals surface area contributed by atoms with Crippen LogP contribution in [0.3, 0.4) is 0 Å². The van der Waals surface area contributed by atoms with Crippen LogP contribution in [0.25, 0.3) is 0 Å². The highest BCUT2D eigenvalue weighted by molar-refractivity contribution is 8.13. The molecule has 0 heterocycles. The Morgan fingerprint density at radius 2 is 1.72 bits per heavy atom. The molecule has 0 aliphatic rings. The summed E-state index contributed by atoms with van der Waals surface area (Å²) in [6.07, 6.45) is 0. The lowest BCUT2D eigenvalue weighted by atomic mass is 10.1. The largest absolute Gasteiger partial charge is 0.465 e. The van der Waals surface area contributed by atoms with Crippen LogP contribution in [0.2, 0.25) is 0 Å². The normalized spacial score (nSPS) is 10.9. The van der Waals surface area contributed by atoms with Crippen LogP contribution >= 0.6 is 11.8 Å². The molecule has 1 aromatic rings. The van der Waals surface area contributed by atoms with Gasteiger partial charge in [-0.15, -0.1) is 0 Å². The lowest BCUT2D eigenvalue weighted by Crippen LogP contribution is -2.38. The number of nitrogens with one attached hydrogen (secondary N) is 1. The van der Waals surface area contributed by atoms with E-state index in [2.05, 4.69) is 10.1 Å². The van der Waals surface area contributed by atoms with Crippen LogP contribution < -0.4 is 5.32 Å². The quantitative estimate of drug-likeness (QED) is 0.661. The van der Waals surface area contributed by atoms with Crippen molar-refractivity contribution in [1.29, 1.82) is 0 Å². The maximum absolute atomic E-state index is 11.7. The number of esters is 1. The Balaban J connectivity index is 2.64. The molecule has 4 nitrogen and oxygen atoms in total. The Kier molecular flexibility index (Phi) is 4.78. The van der Waals surface area contributed by atoms with Crippen LogP contribution in [-0.2, 0) is 4.74 Å². The molecule has 1 rings (SSSR count). The van der Waals surface area contributed by atoms with E-state index < -0.39 is 0 Å². The van der Waals surface area contributed by atoms with Gasteiger partial charge < -0.3 is 10.1 Å². The maximum atomic E-state index is 11.7. The van der Waals surface area contributed by atoms with Gasteiger partial charge in [0.25, 0.3) is 5.24 Å². The summed E-state index contributed by atoms with van der Waals surface area (Å²) in [6, 6.07) is 6.72. The van der Waals surface area contributed by atoms with Gasteiger partial charge >= 0.3 is 5.97 Å². The number of thioether (sulfide) groups is 1. The predicted molar refractivity (Wildman–Crippen MR) is 71.9 cm³/mol. The predicted octanol–water partition coefficient (Wildman–Crippen LogP) is 3.07. The van der Waals surface area contributed by atoms with Crippen molar-refractivity contribution in [2.45, 2.75) is 31.2 Å². The molecule has 0 bridgehead atoms. The second-order valence-corrected chi connectivity index (χ2v) is 5.83. The Bertz CT molecular complexity index is 435. The number of hydrogen-bond donors (Lipinski definition) is 1. The summed E-state index contributed by atoms with van der Waals surface area (Å²) in [6.45, 7) is 5.77. The fourth-order valence-electron chi connectivity index (χ4n) is 1.22. The fraction of sp³-hybridized carbons (Fsp3) is 0.385. The van der Waals surface area contributed by atoms with Crippen molar-refractivity contribution in [3.05, 3.63) is 29.8 Å². The van der Waals surface area contributed by atoms with Gasteiger partial charge in [-0.05, 0) is 56.8 Å². The molecular weight excluding hydrogens is 250 g/mol. The van der Waals surface area contributed by atoms with E-state index in [1.165, 1.54) is 7.11 Å². The summed E-state index contributed by atoms with van der Waals surface area (Å²) in [5.74, 6) is -0.384. The zero-order chi connectivity index (χ0) is 13.8. The number of benzene rings is 1. The molecule has 0 spiro atoms. The van der Waals surface area contributed by atoms with Crippen LogP contribution in [-0.4, -0.2) is 23.9 Å². The van der Waals surface area contributed by atoms with Crippen molar-refractivity contribution in [1.82, 2.24) is 5.32 Å². The van der Waals surface area contributed by atoms with Crippen LogP contribution in [0, 0.1) is 0 Å². The molecule has 0 aromatic heterocycles. The molecular formula is C13H17NO3S. The number of carbonyl (C=O) groups excluding carboxylic acids is 2. The molecule has 0 aliphatic carbocycles. The molecule has 1 N–H and O–H groups in total.